The highest BCUT2D eigenvalue weighted by molar-refractivity contribution is 9.10. The average Bonchev–Trinajstić information content (AvgIpc) is 2.04. The van der Waals surface area contributed by atoms with Gasteiger partial charge in [-0.3, -0.25) is 4.79 Å². The fourth-order valence-corrected chi connectivity index (χ4v) is 1.29. The summed E-state index contributed by atoms with van der Waals surface area (Å²) in [4.78, 5) is 10.5. The normalized spacial score (nSPS) is 12.2. The molecule has 0 aliphatic heterocycles. The molecule has 0 aliphatic carbocycles. The number of hydrogen-bond acceptors (Lipinski definition) is 2. The van der Waals surface area contributed by atoms with Crippen LogP contribution in [0.5, 0.6) is 0 Å². The topological polar surface area (TPSA) is 49.3 Å². The van der Waals surface area contributed by atoms with Crippen molar-refractivity contribution in [2.45, 2.75) is 13.0 Å². The smallest absolute Gasteiger partial charge is 0.325 e. The molecule has 0 aromatic heterocycles. The molecule has 1 unspecified atom stereocenters. The molecule has 0 spiro atoms. The number of anilines is 1. The van der Waals surface area contributed by atoms with Gasteiger partial charge in [0, 0.05) is 10.2 Å². The van der Waals surface area contributed by atoms with E-state index in [9.17, 15) is 4.79 Å². The van der Waals surface area contributed by atoms with Gasteiger partial charge in [0.15, 0.2) is 0 Å². The molecule has 3 nitrogen and oxygen atoms in total. The molecule has 13 heavy (non-hydrogen) atoms. The van der Waals surface area contributed by atoms with E-state index in [1.807, 2.05) is 24.3 Å². The first-order valence-electron chi connectivity index (χ1n) is 3.84. The maximum absolute atomic E-state index is 10.5. The Morgan fingerprint density at radius 2 is 2.31 bits per heavy atom. The monoisotopic (exact) mass is 243 g/mol. The summed E-state index contributed by atoms with van der Waals surface area (Å²) in [5.74, 6) is -0.861. The van der Waals surface area contributed by atoms with Gasteiger partial charge >= 0.3 is 5.97 Å². The Labute approximate surface area is 84.9 Å². The van der Waals surface area contributed by atoms with E-state index in [1.165, 1.54) is 0 Å². The van der Waals surface area contributed by atoms with Crippen LogP contribution in [-0.4, -0.2) is 17.1 Å². The predicted octanol–water partition coefficient (Wildman–Crippen LogP) is 2.33. The fourth-order valence-electron chi connectivity index (χ4n) is 0.890. The number of nitrogens with one attached hydrogen (secondary N) is 1. The van der Waals surface area contributed by atoms with E-state index in [0.717, 1.165) is 10.2 Å². The summed E-state index contributed by atoms with van der Waals surface area (Å²) < 4.78 is 0.926. The summed E-state index contributed by atoms with van der Waals surface area (Å²) in [7, 11) is 0. The van der Waals surface area contributed by atoms with Crippen LogP contribution in [0.2, 0.25) is 0 Å². The lowest BCUT2D eigenvalue weighted by Crippen LogP contribution is -2.25. The number of halogens is 1. The maximum atomic E-state index is 10.5. The van der Waals surface area contributed by atoms with Crippen molar-refractivity contribution < 1.29 is 9.90 Å². The zero-order chi connectivity index (χ0) is 9.84. The number of rotatable bonds is 3. The van der Waals surface area contributed by atoms with Gasteiger partial charge in [0.2, 0.25) is 0 Å². The van der Waals surface area contributed by atoms with Gasteiger partial charge in [-0.2, -0.15) is 0 Å². The summed E-state index contributed by atoms with van der Waals surface area (Å²) in [6, 6.07) is 6.82. The van der Waals surface area contributed by atoms with Crippen molar-refractivity contribution in [3.05, 3.63) is 28.7 Å². The largest absolute Gasteiger partial charge is 0.480 e. The van der Waals surface area contributed by atoms with E-state index < -0.39 is 12.0 Å². The molecule has 1 aromatic rings. The van der Waals surface area contributed by atoms with Crippen molar-refractivity contribution in [1.29, 1.82) is 0 Å². The van der Waals surface area contributed by atoms with Crippen LogP contribution in [0.25, 0.3) is 0 Å². The second-order valence-corrected chi connectivity index (χ2v) is 3.63. The Balaban J connectivity index is 2.69. The van der Waals surface area contributed by atoms with Crippen LogP contribution in [0.4, 0.5) is 5.69 Å². The van der Waals surface area contributed by atoms with Gasteiger partial charge in [-0.05, 0) is 25.1 Å². The van der Waals surface area contributed by atoms with Crippen molar-refractivity contribution in [2.75, 3.05) is 5.32 Å². The number of carboxylic acids is 1. The molecule has 2 N–H and O–H groups in total. The van der Waals surface area contributed by atoms with Crippen molar-refractivity contribution in [1.82, 2.24) is 0 Å². The van der Waals surface area contributed by atoms with Gasteiger partial charge < -0.3 is 10.4 Å². The van der Waals surface area contributed by atoms with Crippen molar-refractivity contribution in [3.63, 3.8) is 0 Å². The summed E-state index contributed by atoms with van der Waals surface area (Å²) in [5, 5.41) is 11.5. The van der Waals surface area contributed by atoms with E-state index in [4.69, 9.17) is 5.11 Å². The molecule has 1 rings (SSSR count). The fraction of sp³-hybridized carbons (Fsp3) is 0.222. The van der Waals surface area contributed by atoms with E-state index >= 15 is 0 Å². The lowest BCUT2D eigenvalue weighted by Gasteiger charge is -2.10. The highest BCUT2D eigenvalue weighted by Crippen LogP contribution is 2.16. The Morgan fingerprint density at radius 3 is 2.85 bits per heavy atom. The number of carbonyl (C=O) groups is 1. The lowest BCUT2D eigenvalue weighted by molar-refractivity contribution is -0.137. The molecular formula is C9H10BrNO2. The molecule has 0 saturated carbocycles. The molecule has 70 valence electrons. The van der Waals surface area contributed by atoms with Gasteiger partial charge in [0.25, 0.3) is 0 Å². The molecule has 0 aliphatic rings. The first-order chi connectivity index (χ1) is 6.09. The molecular weight excluding hydrogens is 234 g/mol. The van der Waals surface area contributed by atoms with Crippen LogP contribution in [-0.2, 0) is 4.79 Å². The summed E-state index contributed by atoms with van der Waals surface area (Å²) >= 11 is 3.30. The summed E-state index contributed by atoms with van der Waals surface area (Å²) in [5.41, 5.74) is 0.796. The van der Waals surface area contributed by atoms with Gasteiger partial charge in [0.05, 0.1) is 0 Å². The zero-order valence-electron chi connectivity index (χ0n) is 7.12. The Kier molecular flexibility index (Phi) is 3.31. The molecule has 0 heterocycles. The van der Waals surface area contributed by atoms with E-state index in [2.05, 4.69) is 21.2 Å². The first kappa shape index (κ1) is 10.1. The van der Waals surface area contributed by atoms with Crippen LogP contribution in [0, 0.1) is 0 Å². The van der Waals surface area contributed by atoms with Crippen molar-refractivity contribution >= 4 is 27.6 Å². The standard InChI is InChI=1S/C9H10BrNO2/c1-6(9(12)13)11-8-4-2-3-7(10)5-8/h2-6,11H,1H3,(H,12,13). The molecule has 1 aromatic carbocycles. The molecule has 0 bridgehead atoms. The number of benzene rings is 1. The summed E-state index contributed by atoms with van der Waals surface area (Å²) in [6.45, 7) is 1.60. The third-order valence-electron chi connectivity index (χ3n) is 1.58. The quantitative estimate of drug-likeness (QED) is 0.857. The van der Waals surface area contributed by atoms with Crippen LogP contribution in [0.3, 0.4) is 0 Å². The molecule has 4 heteroatoms. The Morgan fingerprint density at radius 1 is 1.62 bits per heavy atom. The minimum absolute atomic E-state index is 0.575. The van der Waals surface area contributed by atoms with Gasteiger partial charge in [-0.25, -0.2) is 0 Å². The highest BCUT2D eigenvalue weighted by Gasteiger charge is 2.09. The second kappa shape index (κ2) is 4.28. The number of carboxylic acid groups (broad SMARTS) is 1. The first-order valence-corrected chi connectivity index (χ1v) is 4.64. The molecule has 1 atom stereocenters. The average molecular weight is 244 g/mol. The van der Waals surface area contributed by atoms with E-state index in [-0.39, 0.29) is 0 Å². The second-order valence-electron chi connectivity index (χ2n) is 2.71. The third kappa shape index (κ3) is 3.06. The predicted molar refractivity (Wildman–Crippen MR) is 54.9 cm³/mol. The van der Waals surface area contributed by atoms with Gasteiger partial charge in [-0.1, -0.05) is 22.0 Å². The van der Waals surface area contributed by atoms with Crippen molar-refractivity contribution in [2.24, 2.45) is 0 Å². The molecule has 0 saturated heterocycles. The molecule has 0 amide bonds. The highest BCUT2D eigenvalue weighted by atomic mass is 79.9. The number of aliphatic carboxylic acids is 1. The SMILES string of the molecule is CC(Nc1cccc(Br)c1)C(=O)O. The van der Waals surface area contributed by atoms with Crippen LogP contribution < -0.4 is 5.32 Å². The minimum atomic E-state index is -0.861. The Hall–Kier alpha value is -1.03. The van der Waals surface area contributed by atoms with Gasteiger partial charge in [0.1, 0.15) is 6.04 Å². The van der Waals surface area contributed by atoms with E-state index in [0.29, 0.717) is 0 Å². The Bertz CT molecular complexity index is 314. The van der Waals surface area contributed by atoms with E-state index in [1.54, 1.807) is 6.92 Å². The van der Waals surface area contributed by atoms with Gasteiger partial charge in [-0.15, -0.1) is 0 Å². The number of hydrogen-bond donors (Lipinski definition) is 2. The maximum Gasteiger partial charge on any atom is 0.325 e. The molecule has 0 radical (unpaired) electrons. The minimum Gasteiger partial charge on any atom is -0.480 e. The molecule has 0 fully saturated rings. The van der Waals surface area contributed by atoms with Crippen molar-refractivity contribution in [3.8, 4) is 0 Å². The van der Waals surface area contributed by atoms with Crippen LogP contribution >= 0.6 is 15.9 Å². The summed E-state index contributed by atoms with van der Waals surface area (Å²) in [6.07, 6.45) is 0. The lowest BCUT2D eigenvalue weighted by atomic mass is 10.3. The van der Waals surface area contributed by atoms with Crippen LogP contribution in [0.1, 0.15) is 6.92 Å². The zero-order valence-corrected chi connectivity index (χ0v) is 8.71. The van der Waals surface area contributed by atoms with Crippen LogP contribution in [0.15, 0.2) is 28.7 Å². The third-order valence-corrected chi connectivity index (χ3v) is 2.07.